The Morgan fingerprint density at radius 1 is 1.22 bits per heavy atom. The lowest BCUT2D eigenvalue weighted by atomic mass is 9.79. The van der Waals surface area contributed by atoms with Gasteiger partial charge in [-0.3, -0.25) is 0 Å². The van der Waals surface area contributed by atoms with Crippen LogP contribution in [0.3, 0.4) is 0 Å². The van der Waals surface area contributed by atoms with E-state index in [2.05, 4.69) is 6.58 Å². The van der Waals surface area contributed by atoms with Gasteiger partial charge in [-0.25, -0.2) is 0 Å². The molecule has 1 aliphatic carbocycles. The van der Waals surface area contributed by atoms with E-state index in [0.29, 0.717) is 19.3 Å². The molecule has 3 atom stereocenters. The van der Waals surface area contributed by atoms with Crippen LogP contribution < -0.4 is 0 Å². The Kier molecular flexibility index (Phi) is 5.14. The molecule has 0 aromatic heterocycles. The smallest absolute Gasteiger partial charge is 0.0778 e. The molecule has 18 heavy (non-hydrogen) atoms. The zero-order chi connectivity index (χ0) is 13.9. The number of hydrogen-bond donors (Lipinski definition) is 3. The molecule has 0 amide bonds. The maximum Gasteiger partial charge on any atom is 0.0778 e. The lowest BCUT2D eigenvalue weighted by molar-refractivity contribution is -0.0353. The molecule has 0 unspecified atom stereocenters. The van der Waals surface area contributed by atoms with Crippen LogP contribution >= 0.6 is 0 Å². The highest BCUT2D eigenvalue weighted by molar-refractivity contribution is 5.10. The second-order valence-electron chi connectivity index (χ2n) is 6.02. The molecule has 0 saturated heterocycles. The van der Waals surface area contributed by atoms with Crippen LogP contribution in [0.25, 0.3) is 0 Å². The summed E-state index contributed by atoms with van der Waals surface area (Å²) in [5.41, 5.74) is 0.900. The van der Waals surface area contributed by atoms with Gasteiger partial charge < -0.3 is 15.3 Å². The average molecular weight is 254 g/mol. The quantitative estimate of drug-likeness (QED) is 0.628. The normalized spacial score (nSPS) is 34.9. The monoisotopic (exact) mass is 254 g/mol. The minimum Gasteiger partial charge on any atom is -0.390 e. The molecule has 0 aromatic rings. The fraction of sp³-hybridized carbons (Fsp3) is 0.733. The SMILES string of the molecule is C=C1CC[C@@H](C(C)(C)O)[C@H](O)/C=C(\C)CC[C@H]1O. The van der Waals surface area contributed by atoms with Gasteiger partial charge in [0.15, 0.2) is 0 Å². The minimum absolute atomic E-state index is 0.241. The maximum atomic E-state index is 10.2. The molecule has 3 nitrogen and oxygen atoms in total. The highest BCUT2D eigenvalue weighted by Crippen LogP contribution is 2.30. The molecule has 0 bridgehead atoms. The third kappa shape index (κ3) is 4.23. The van der Waals surface area contributed by atoms with Crippen LogP contribution in [0.4, 0.5) is 0 Å². The Morgan fingerprint density at radius 3 is 2.39 bits per heavy atom. The first-order valence-electron chi connectivity index (χ1n) is 6.65. The summed E-state index contributed by atoms with van der Waals surface area (Å²) in [4.78, 5) is 0. The summed E-state index contributed by atoms with van der Waals surface area (Å²) in [6, 6.07) is 0. The van der Waals surface area contributed by atoms with E-state index in [9.17, 15) is 15.3 Å². The lowest BCUT2D eigenvalue weighted by Gasteiger charge is -2.33. The fourth-order valence-electron chi connectivity index (χ4n) is 2.51. The molecule has 0 saturated carbocycles. The van der Waals surface area contributed by atoms with E-state index in [4.69, 9.17) is 0 Å². The van der Waals surface area contributed by atoms with Crippen molar-refractivity contribution in [2.24, 2.45) is 5.92 Å². The van der Waals surface area contributed by atoms with Crippen LogP contribution in [0.5, 0.6) is 0 Å². The summed E-state index contributed by atoms with van der Waals surface area (Å²) >= 11 is 0. The Bertz CT molecular complexity index is 325. The van der Waals surface area contributed by atoms with E-state index in [1.54, 1.807) is 13.8 Å². The predicted octanol–water partition coefficient (Wildman–Crippen LogP) is 2.17. The third-order valence-corrected chi connectivity index (χ3v) is 3.83. The number of allylic oxidation sites excluding steroid dienone is 1. The minimum atomic E-state index is -0.944. The van der Waals surface area contributed by atoms with Crippen LogP contribution in [-0.4, -0.2) is 33.1 Å². The van der Waals surface area contributed by atoms with Crippen molar-refractivity contribution in [2.75, 3.05) is 0 Å². The first-order chi connectivity index (χ1) is 8.21. The highest BCUT2D eigenvalue weighted by atomic mass is 16.3. The van der Waals surface area contributed by atoms with Crippen molar-refractivity contribution in [3.05, 3.63) is 23.8 Å². The van der Waals surface area contributed by atoms with E-state index >= 15 is 0 Å². The van der Waals surface area contributed by atoms with Gasteiger partial charge in [-0.1, -0.05) is 18.2 Å². The fourth-order valence-corrected chi connectivity index (χ4v) is 2.51. The number of hydrogen-bond acceptors (Lipinski definition) is 3. The van der Waals surface area contributed by atoms with Gasteiger partial charge in [-0.15, -0.1) is 0 Å². The van der Waals surface area contributed by atoms with Crippen molar-refractivity contribution in [2.45, 2.75) is 64.3 Å². The molecule has 0 radical (unpaired) electrons. The van der Waals surface area contributed by atoms with Gasteiger partial charge in [-0.2, -0.15) is 0 Å². The Labute approximate surface area is 110 Å². The summed E-state index contributed by atoms with van der Waals surface area (Å²) in [6.45, 7) is 9.28. The van der Waals surface area contributed by atoms with Gasteiger partial charge in [0.1, 0.15) is 0 Å². The van der Waals surface area contributed by atoms with E-state index < -0.39 is 17.8 Å². The van der Waals surface area contributed by atoms with Crippen LogP contribution in [0, 0.1) is 5.92 Å². The highest BCUT2D eigenvalue weighted by Gasteiger charge is 2.32. The van der Waals surface area contributed by atoms with E-state index in [-0.39, 0.29) is 5.92 Å². The second-order valence-corrected chi connectivity index (χ2v) is 6.02. The van der Waals surface area contributed by atoms with Crippen molar-refractivity contribution in [1.82, 2.24) is 0 Å². The van der Waals surface area contributed by atoms with Crippen molar-refractivity contribution in [3.63, 3.8) is 0 Å². The molecular formula is C15H26O3. The van der Waals surface area contributed by atoms with Crippen molar-refractivity contribution >= 4 is 0 Å². The molecule has 3 N–H and O–H groups in total. The Balaban J connectivity index is 2.94. The average Bonchev–Trinajstić information content (AvgIpc) is 2.22. The first-order valence-corrected chi connectivity index (χ1v) is 6.65. The zero-order valence-corrected chi connectivity index (χ0v) is 11.7. The van der Waals surface area contributed by atoms with Crippen LogP contribution in [0.2, 0.25) is 0 Å². The van der Waals surface area contributed by atoms with E-state index in [1.165, 1.54) is 0 Å². The van der Waals surface area contributed by atoms with Crippen LogP contribution in [0.15, 0.2) is 23.8 Å². The van der Waals surface area contributed by atoms with E-state index in [0.717, 1.165) is 17.6 Å². The zero-order valence-electron chi connectivity index (χ0n) is 11.7. The number of aliphatic hydroxyl groups is 3. The van der Waals surface area contributed by atoms with Gasteiger partial charge in [0.05, 0.1) is 17.8 Å². The molecule has 3 heteroatoms. The standard InChI is InChI=1S/C15H26O3/c1-10-5-8-13(16)11(2)6-7-12(14(17)9-10)15(3,4)18/h9,12-14,16-18H,2,5-8H2,1,3-4H3/b10-9+/t12-,13-,14-/m1/s1. The van der Waals surface area contributed by atoms with Crippen LogP contribution in [0.1, 0.15) is 46.5 Å². The third-order valence-electron chi connectivity index (χ3n) is 3.83. The van der Waals surface area contributed by atoms with Gasteiger partial charge in [0, 0.05) is 5.92 Å². The summed E-state index contributed by atoms with van der Waals surface area (Å²) in [5, 5.41) is 30.3. The topological polar surface area (TPSA) is 60.7 Å². The van der Waals surface area contributed by atoms with E-state index in [1.807, 2.05) is 13.0 Å². The van der Waals surface area contributed by atoms with Crippen molar-refractivity contribution < 1.29 is 15.3 Å². The van der Waals surface area contributed by atoms with Crippen molar-refractivity contribution in [1.29, 1.82) is 0 Å². The summed E-state index contributed by atoms with van der Waals surface area (Å²) in [6.07, 6.45) is 3.35. The van der Waals surface area contributed by atoms with Gasteiger partial charge in [0.2, 0.25) is 0 Å². The summed E-state index contributed by atoms with van der Waals surface area (Å²) in [5.74, 6) is -0.241. The Hall–Kier alpha value is -0.640. The first kappa shape index (κ1) is 15.4. The molecule has 104 valence electrons. The second kappa shape index (κ2) is 6.00. The molecule has 0 spiro atoms. The summed E-state index contributed by atoms with van der Waals surface area (Å²) in [7, 11) is 0. The maximum absolute atomic E-state index is 10.2. The lowest BCUT2D eigenvalue weighted by Crippen LogP contribution is -2.39. The number of aliphatic hydroxyl groups excluding tert-OH is 2. The van der Waals surface area contributed by atoms with Gasteiger partial charge in [0.25, 0.3) is 0 Å². The van der Waals surface area contributed by atoms with Gasteiger partial charge in [-0.05, 0) is 52.0 Å². The molecule has 0 aliphatic heterocycles. The van der Waals surface area contributed by atoms with Gasteiger partial charge >= 0.3 is 0 Å². The largest absolute Gasteiger partial charge is 0.390 e. The molecular weight excluding hydrogens is 228 g/mol. The van der Waals surface area contributed by atoms with Crippen molar-refractivity contribution in [3.8, 4) is 0 Å². The van der Waals surface area contributed by atoms with Crippen LogP contribution in [-0.2, 0) is 0 Å². The molecule has 0 aromatic carbocycles. The molecule has 1 rings (SSSR count). The number of rotatable bonds is 1. The predicted molar refractivity (Wildman–Crippen MR) is 73.2 cm³/mol. The molecule has 0 heterocycles. The molecule has 1 aliphatic rings. The Morgan fingerprint density at radius 2 is 1.83 bits per heavy atom. The summed E-state index contributed by atoms with van der Waals surface area (Å²) < 4.78 is 0. The molecule has 0 fully saturated rings.